The van der Waals surface area contributed by atoms with Crippen molar-refractivity contribution in [3.05, 3.63) is 34.9 Å². The zero-order chi connectivity index (χ0) is 14.0. The van der Waals surface area contributed by atoms with E-state index in [0.29, 0.717) is 23.6 Å². The molecule has 2 rings (SSSR count). The smallest absolute Gasteiger partial charge is 0.308 e. The molecule has 102 valence electrons. The van der Waals surface area contributed by atoms with Crippen LogP contribution in [0.15, 0.2) is 24.3 Å². The average Bonchev–Trinajstić information content (AvgIpc) is 2.38. The Morgan fingerprint density at radius 2 is 1.95 bits per heavy atom. The SMILES string of the molecule is C[C@@H]1[C@H](C(=O)O)CCCN1C(=O)c1ccc(Cl)cc1. The van der Waals surface area contributed by atoms with Crippen molar-refractivity contribution in [1.82, 2.24) is 4.90 Å². The second kappa shape index (κ2) is 5.61. The zero-order valence-electron chi connectivity index (χ0n) is 10.7. The number of piperidine rings is 1. The maximum Gasteiger partial charge on any atom is 0.308 e. The van der Waals surface area contributed by atoms with Crippen molar-refractivity contribution in [1.29, 1.82) is 0 Å². The van der Waals surface area contributed by atoms with Gasteiger partial charge in [0, 0.05) is 23.2 Å². The number of hydrogen-bond acceptors (Lipinski definition) is 2. The van der Waals surface area contributed by atoms with Gasteiger partial charge in [-0.25, -0.2) is 0 Å². The minimum atomic E-state index is -0.832. The zero-order valence-corrected chi connectivity index (χ0v) is 11.4. The number of benzene rings is 1. The van der Waals surface area contributed by atoms with Gasteiger partial charge < -0.3 is 10.0 Å². The van der Waals surface area contributed by atoms with Gasteiger partial charge in [0.1, 0.15) is 0 Å². The fourth-order valence-electron chi connectivity index (χ4n) is 2.52. The molecule has 1 heterocycles. The van der Waals surface area contributed by atoms with Crippen LogP contribution >= 0.6 is 11.6 Å². The van der Waals surface area contributed by atoms with E-state index in [1.165, 1.54) is 0 Å². The summed E-state index contributed by atoms with van der Waals surface area (Å²) in [6, 6.07) is 6.38. The maximum atomic E-state index is 12.4. The van der Waals surface area contributed by atoms with E-state index in [1.54, 1.807) is 36.1 Å². The van der Waals surface area contributed by atoms with Crippen molar-refractivity contribution >= 4 is 23.5 Å². The van der Waals surface area contributed by atoms with E-state index in [0.717, 1.165) is 6.42 Å². The molecule has 0 unspecified atom stereocenters. The van der Waals surface area contributed by atoms with Crippen LogP contribution in [-0.2, 0) is 4.79 Å². The van der Waals surface area contributed by atoms with Gasteiger partial charge in [0.15, 0.2) is 0 Å². The van der Waals surface area contributed by atoms with Gasteiger partial charge in [-0.05, 0) is 44.0 Å². The molecular weight excluding hydrogens is 266 g/mol. The molecule has 0 aliphatic carbocycles. The predicted molar refractivity (Wildman–Crippen MR) is 72.3 cm³/mol. The second-order valence-corrected chi connectivity index (χ2v) is 5.27. The topological polar surface area (TPSA) is 57.6 Å². The van der Waals surface area contributed by atoms with Crippen LogP contribution in [0.5, 0.6) is 0 Å². The third-order valence-corrected chi connectivity index (χ3v) is 3.91. The number of carbonyl (C=O) groups is 2. The van der Waals surface area contributed by atoms with Crippen LogP contribution in [0, 0.1) is 5.92 Å². The lowest BCUT2D eigenvalue weighted by Gasteiger charge is -2.37. The van der Waals surface area contributed by atoms with Crippen molar-refractivity contribution < 1.29 is 14.7 Å². The van der Waals surface area contributed by atoms with Gasteiger partial charge in [-0.3, -0.25) is 9.59 Å². The van der Waals surface area contributed by atoms with Gasteiger partial charge in [-0.2, -0.15) is 0 Å². The summed E-state index contributed by atoms with van der Waals surface area (Å²) in [6.45, 7) is 2.40. The van der Waals surface area contributed by atoms with E-state index in [9.17, 15) is 9.59 Å². The van der Waals surface area contributed by atoms with Crippen LogP contribution in [0.1, 0.15) is 30.1 Å². The number of nitrogens with zero attached hydrogens (tertiary/aromatic N) is 1. The van der Waals surface area contributed by atoms with Gasteiger partial charge >= 0.3 is 5.97 Å². The van der Waals surface area contributed by atoms with Crippen molar-refractivity contribution in [3.8, 4) is 0 Å². The molecule has 1 aromatic rings. The molecule has 1 saturated heterocycles. The lowest BCUT2D eigenvalue weighted by atomic mass is 9.90. The molecule has 1 amide bonds. The molecule has 0 radical (unpaired) electrons. The standard InChI is InChI=1S/C14H16ClNO3/c1-9-12(14(18)19)3-2-8-16(9)13(17)10-4-6-11(15)7-5-10/h4-7,9,12H,2-3,8H2,1H3,(H,18,19)/t9-,12-/m1/s1. The number of amides is 1. The predicted octanol–water partition coefficient (Wildman–Crippen LogP) is 2.67. The maximum absolute atomic E-state index is 12.4. The normalized spacial score (nSPS) is 23.2. The van der Waals surface area contributed by atoms with Crippen molar-refractivity contribution in [2.75, 3.05) is 6.54 Å². The molecule has 2 atom stereocenters. The van der Waals surface area contributed by atoms with E-state index in [-0.39, 0.29) is 11.9 Å². The molecular formula is C14H16ClNO3. The lowest BCUT2D eigenvalue weighted by Crippen LogP contribution is -2.49. The second-order valence-electron chi connectivity index (χ2n) is 4.83. The van der Waals surface area contributed by atoms with Gasteiger partial charge in [-0.1, -0.05) is 11.6 Å². The molecule has 1 N–H and O–H groups in total. The van der Waals surface area contributed by atoms with Crippen molar-refractivity contribution in [2.24, 2.45) is 5.92 Å². The van der Waals surface area contributed by atoms with E-state index in [1.807, 2.05) is 0 Å². The number of carbonyl (C=O) groups excluding carboxylic acids is 1. The van der Waals surface area contributed by atoms with Crippen LogP contribution in [0.4, 0.5) is 0 Å². The summed E-state index contributed by atoms with van der Waals surface area (Å²) in [7, 11) is 0. The number of rotatable bonds is 2. The Bertz CT molecular complexity index is 486. The number of likely N-dealkylation sites (tertiary alicyclic amines) is 1. The number of aliphatic carboxylic acids is 1. The van der Waals surface area contributed by atoms with Crippen LogP contribution in [0.2, 0.25) is 5.02 Å². The molecule has 0 saturated carbocycles. The summed E-state index contributed by atoms with van der Waals surface area (Å²) < 4.78 is 0. The minimum absolute atomic E-state index is 0.130. The van der Waals surface area contributed by atoms with Gasteiger partial charge in [0.25, 0.3) is 5.91 Å². The lowest BCUT2D eigenvalue weighted by molar-refractivity contribution is -0.144. The molecule has 1 aliphatic rings. The molecule has 19 heavy (non-hydrogen) atoms. The van der Waals surface area contributed by atoms with Crippen molar-refractivity contribution in [3.63, 3.8) is 0 Å². The summed E-state index contributed by atoms with van der Waals surface area (Å²) in [4.78, 5) is 25.2. The Kier molecular flexibility index (Phi) is 4.10. The molecule has 1 aromatic carbocycles. The fraction of sp³-hybridized carbons (Fsp3) is 0.429. The van der Waals surface area contributed by atoms with Gasteiger partial charge in [0.05, 0.1) is 5.92 Å². The van der Waals surface area contributed by atoms with Crippen LogP contribution in [-0.4, -0.2) is 34.5 Å². The Hall–Kier alpha value is -1.55. The van der Waals surface area contributed by atoms with Crippen LogP contribution in [0.3, 0.4) is 0 Å². The quantitative estimate of drug-likeness (QED) is 0.907. The Morgan fingerprint density at radius 1 is 1.32 bits per heavy atom. The molecule has 0 aromatic heterocycles. The number of hydrogen-bond donors (Lipinski definition) is 1. The number of carboxylic acid groups (broad SMARTS) is 1. The summed E-state index contributed by atoms with van der Waals surface area (Å²) >= 11 is 5.79. The molecule has 1 aliphatic heterocycles. The first-order valence-electron chi connectivity index (χ1n) is 6.30. The Balaban J connectivity index is 2.18. The van der Waals surface area contributed by atoms with E-state index in [4.69, 9.17) is 16.7 Å². The highest BCUT2D eigenvalue weighted by molar-refractivity contribution is 6.30. The molecule has 1 fully saturated rings. The fourth-order valence-corrected chi connectivity index (χ4v) is 2.64. The third kappa shape index (κ3) is 2.89. The minimum Gasteiger partial charge on any atom is -0.481 e. The summed E-state index contributed by atoms with van der Waals surface area (Å²) in [6.07, 6.45) is 1.35. The van der Waals surface area contributed by atoms with Crippen molar-refractivity contribution in [2.45, 2.75) is 25.8 Å². The summed E-state index contributed by atoms with van der Waals surface area (Å²) in [5.74, 6) is -1.44. The van der Waals surface area contributed by atoms with E-state index >= 15 is 0 Å². The highest BCUT2D eigenvalue weighted by atomic mass is 35.5. The molecule has 0 spiro atoms. The first-order valence-corrected chi connectivity index (χ1v) is 6.68. The molecule has 5 heteroatoms. The first-order chi connectivity index (χ1) is 9.00. The first kappa shape index (κ1) is 13.9. The van der Waals surface area contributed by atoms with Crippen LogP contribution in [0.25, 0.3) is 0 Å². The number of halogens is 1. The van der Waals surface area contributed by atoms with Gasteiger partial charge in [0.2, 0.25) is 0 Å². The highest BCUT2D eigenvalue weighted by Gasteiger charge is 2.35. The monoisotopic (exact) mass is 281 g/mol. The molecule has 4 nitrogen and oxygen atoms in total. The Labute approximate surface area is 117 Å². The van der Waals surface area contributed by atoms with E-state index < -0.39 is 11.9 Å². The number of carboxylic acids is 1. The average molecular weight is 282 g/mol. The Morgan fingerprint density at radius 3 is 2.53 bits per heavy atom. The molecule has 0 bridgehead atoms. The largest absolute Gasteiger partial charge is 0.481 e. The highest BCUT2D eigenvalue weighted by Crippen LogP contribution is 2.25. The van der Waals surface area contributed by atoms with Crippen LogP contribution < -0.4 is 0 Å². The van der Waals surface area contributed by atoms with E-state index in [2.05, 4.69) is 0 Å². The summed E-state index contributed by atoms with van der Waals surface area (Å²) in [5.41, 5.74) is 0.544. The summed E-state index contributed by atoms with van der Waals surface area (Å²) in [5, 5.41) is 9.74. The van der Waals surface area contributed by atoms with Gasteiger partial charge in [-0.15, -0.1) is 0 Å². The third-order valence-electron chi connectivity index (χ3n) is 3.66.